The van der Waals surface area contributed by atoms with E-state index in [0.29, 0.717) is 17.4 Å². The lowest BCUT2D eigenvalue weighted by atomic mass is 10.0. The summed E-state index contributed by atoms with van der Waals surface area (Å²) in [6, 6.07) is 11.1. The van der Waals surface area contributed by atoms with Crippen LogP contribution in [0.25, 0.3) is 0 Å². The minimum atomic E-state index is -0.233. The van der Waals surface area contributed by atoms with E-state index in [1.807, 2.05) is 24.3 Å². The number of amides is 1. The molecule has 1 aromatic heterocycles. The minimum absolute atomic E-state index is 0.0912. The number of rotatable bonds is 6. The fourth-order valence-corrected chi connectivity index (χ4v) is 1.89. The molecule has 0 aliphatic heterocycles. The van der Waals surface area contributed by atoms with Gasteiger partial charge in [-0.25, -0.2) is 0 Å². The van der Waals surface area contributed by atoms with Crippen molar-refractivity contribution in [2.24, 2.45) is 0 Å². The van der Waals surface area contributed by atoms with E-state index in [4.69, 9.17) is 9.84 Å². The number of hydrogen-bond donors (Lipinski definition) is 2. The molecule has 5 heteroatoms. The van der Waals surface area contributed by atoms with E-state index in [-0.39, 0.29) is 19.1 Å². The first-order valence-electron chi connectivity index (χ1n) is 7.17. The topological polar surface area (TPSA) is 71.5 Å². The number of anilines is 1. The van der Waals surface area contributed by atoms with Gasteiger partial charge in [-0.1, -0.05) is 26.0 Å². The maximum Gasteiger partial charge on any atom is 0.262 e. The van der Waals surface area contributed by atoms with Gasteiger partial charge in [0.2, 0.25) is 0 Å². The average Bonchev–Trinajstić information content (AvgIpc) is 2.54. The number of nitrogens with one attached hydrogen (secondary N) is 1. The zero-order chi connectivity index (χ0) is 15.9. The van der Waals surface area contributed by atoms with Crippen LogP contribution in [-0.4, -0.2) is 22.6 Å². The van der Waals surface area contributed by atoms with Gasteiger partial charge in [-0.2, -0.15) is 0 Å². The van der Waals surface area contributed by atoms with Gasteiger partial charge in [0.25, 0.3) is 5.91 Å². The third-order valence-electron chi connectivity index (χ3n) is 3.19. The lowest BCUT2D eigenvalue weighted by Crippen LogP contribution is -2.20. The van der Waals surface area contributed by atoms with Crippen LogP contribution in [0, 0.1) is 0 Å². The first-order chi connectivity index (χ1) is 10.6. The molecule has 0 saturated heterocycles. The van der Waals surface area contributed by atoms with Crippen LogP contribution in [0.2, 0.25) is 0 Å². The maximum atomic E-state index is 11.8. The summed E-state index contributed by atoms with van der Waals surface area (Å²) in [6.45, 7) is 4.04. The Bertz CT molecular complexity index is 607. The number of aliphatic hydroxyl groups is 1. The van der Waals surface area contributed by atoms with Crippen LogP contribution < -0.4 is 10.1 Å². The average molecular weight is 300 g/mol. The number of benzene rings is 1. The fourth-order valence-electron chi connectivity index (χ4n) is 1.89. The predicted octanol–water partition coefficient (Wildman–Crippen LogP) is 2.71. The summed E-state index contributed by atoms with van der Waals surface area (Å²) < 4.78 is 5.35. The number of pyridine rings is 1. The number of aliphatic hydroxyl groups excluding tert-OH is 1. The Morgan fingerprint density at radius 1 is 1.23 bits per heavy atom. The summed E-state index contributed by atoms with van der Waals surface area (Å²) in [5, 5.41) is 11.7. The Hall–Kier alpha value is -2.40. The molecule has 22 heavy (non-hydrogen) atoms. The molecule has 116 valence electrons. The van der Waals surface area contributed by atoms with Crippen molar-refractivity contribution in [2.75, 3.05) is 11.9 Å². The van der Waals surface area contributed by atoms with Crippen molar-refractivity contribution < 1.29 is 14.6 Å². The second kappa shape index (κ2) is 7.56. The summed E-state index contributed by atoms with van der Waals surface area (Å²) >= 11 is 0. The first kappa shape index (κ1) is 16.0. The first-order valence-corrected chi connectivity index (χ1v) is 7.17. The molecule has 1 aromatic carbocycles. The Morgan fingerprint density at radius 2 is 1.95 bits per heavy atom. The minimum Gasteiger partial charge on any atom is -0.482 e. The number of ether oxygens (including phenoxy) is 1. The van der Waals surface area contributed by atoms with Crippen molar-refractivity contribution in [1.82, 2.24) is 4.98 Å². The highest BCUT2D eigenvalue weighted by atomic mass is 16.5. The molecule has 0 aliphatic carbocycles. The van der Waals surface area contributed by atoms with Crippen LogP contribution in [0.4, 0.5) is 5.69 Å². The molecule has 1 amide bonds. The van der Waals surface area contributed by atoms with E-state index in [0.717, 1.165) is 5.69 Å². The highest BCUT2D eigenvalue weighted by Crippen LogP contribution is 2.17. The van der Waals surface area contributed by atoms with Crippen LogP contribution in [-0.2, 0) is 11.4 Å². The van der Waals surface area contributed by atoms with Gasteiger partial charge in [-0.3, -0.25) is 9.78 Å². The number of carbonyl (C=O) groups excluding carboxylic acids is 1. The molecule has 0 spiro atoms. The molecule has 2 aromatic rings. The standard InChI is InChI=1S/C17H20N2O3/c1-12(2)13-3-5-14(6-4-13)19-17(21)11-22-16-8-7-15(10-20)18-9-16/h3-9,12,20H,10-11H2,1-2H3,(H,19,21). The van der Waals surface area contributed by atoms with Crippen molar-refractivity contribution in [1.29, 1.82) is 0 Å². The molecule has 2 N–H and O–H groups in total. The molecule has 0 saturated carbocycles. The van der Waals surface area contributed by atoms with Crippen molar-refractivity contribution >= 4 is 11.6 Å². The number of nitrogens with zero attached hydrogens (tertiary/aromatic N) is 1. The lowest BCUT2D eigenvalue weighted by molar-refractivity contribution is -0.118. The quantitative estimate of drug-likeness (QED) is 0.860. The van der Waals surface area contributed by atoms with E-state index in [2.05, 4.69) is 24.1 Å². The SMILES string of the molecule is CC(C)c1ccc(NC(=O)COc2ccc(CO)nc2)cc1. The Kier molecular flexibility index (Phi) is 5.49. The zero-order valence-electron chi connectivity index (χ0n) is 12.7. The lowest BCUT2D eigenvalue weighted by Gasteiger charge is -2.09. The van der Waals surface area contributed by atoms with Gasteiger partial charge in [0.05, 0.1) is 18.5 Å². The zero-order valence-corrected chi connectivity index (χ0v) is 12.7. The molecule has 0 fully saturated rings. The summed E-state index contributed by atoms with van der Waals surface area (Å²) in [4.78, 5) is 15.8. The Balaban J connectivity index is 1.84. The largest absolute Gasteiger partial charge is 0.482 e. The normalized spacial score (nSPS) is 10.5. The molecule has 1 heterocycles. The molecule has 0 unspecified atom stereocenters. The highest BCUT2D eigenvalue weighted by Gasteiger charge is 2.05. The number of carbonyl (C=O) groups is 1. The van der Waals surface area contributed by atoms with E-state index in [1.165, 1.54) is 11.8 Å². The molecular weight excluding hydrogens is 280 g/mol. The smallest absolute Gasteiger partial charge is 0.262 e. The third kappa shape index (κ3) is 4.56. The molecule has 0 radical (unpaired) electrons. The third-order valence-corrected chi connectivity index (χ3v) is 3.19. The molecule has 0 bridgehead atoms. The van der Waals surface area contributed by atoms with Gasteiger partial charge in [-0.05, 0) is 35.7 Å². The van der Waals surface area contributed by atoms with E-state index < -0.39 is 0 Å². The molecular formula is C17H20N2O3. The molecule has 0 atom stereocenters. The summed E-state index contributed by atoms with van der Waals surface area (Å²) in [7, 11) is 0. The monoisotopic (exact) mass is 300 g/mol. The van der Waals surface area contributed by atoms with E-state index in [9.17, 15) is 4.79 Å². The molecule has 2 rings (SSSR count). The Morgan fingerprint density at radius 3 is 2.50 bits per heavy atom. The van der Waals surface area contributed by atoms with Crippen molar-refractivity contribution in [3.8, 4) is 5.75 Å². The fraction of sp³-hybridized carbons (Fsp3) is 0.294. The molecule has 0 aliphatic rings. The van der Waals surface area contributed by atoms with Crippen LogP contribution in [0.3, 0.4) is 0 Å². The summed E-state index contributed by atoms with van der Waals surface area (Å²) in [5.41, 5.74) is 2.53. The van der Waals surface area contributed by atoms with E-state index >= 15 is 0 Å². The van der Waals surface area contributed by atoms with Crippen molar-refractivity contribution in [2.45, 2.75) is 26.4 Å². The van der Waals surface area contributed by atoms with Crippen LogP contribution in [0.5, 0.6) is 5.75 Å². The van der Waals surface area contributed by atoms with Gasteiger partial charge in [0, 0.05) is 5.69 Å². The molecule has 5 nitrogen and oxygen atoms in total. The van der Waals surface area contributed by atoms with Crippen molar-refractivity contribution in [3.63, 3.8) is 0 Å². The van der Waals surface area contributed by atoms with Crippen LogP contribution in [0.1, 0.15) is 31.0 Å². The van der Waals surface area contributed by atoms with Crippen molar-refractivity contribution in [3.05, 3.63) is 53.9 Å². The van der Waals surface area contributed by atoms with Gasteiger partial charge >= 0.3 is 0 Å². The number of hydrogen-bond acceptors (Lipinski definition) is 4. The highest BCUT2D eigenvalue weighted by molar-refractivity contribution is 5.91. The maximum absolute atomic E-state index is 11.8. The van der Waals surface area contributed by atoms with Crippen LogP contribution >= 0.6 is 0 Å². The predicted molar refractivity (Wildman–Crippen MR) is 84.8 cm³/mol. The van der Waals surface area contributed by atoms with Crippen LogP contribution in [0.15, 0.2) is 42.6 Å². The van der Waals surface area contributed by atoms with Gasteiger partial charge in [0.1, 0.15) is 5.75 Å². The van der Waals surface area contributed by atoms with Gasteiger partial charge in [0.15, 0.2) is 6.61 Å². The van der Waals surface area contributed by atoms with E-state index in [1.54, 1.807) is 12.1 Å². The van der Waals surface area contributed by atoms with Gasteiger partial charge in [-0.15, -0.1) is 0 Å². The summed E-state index contributed by atoms with van der Waals surface area (Å²) in [6.07, 6.45) is 1.48. The Labute approximate surface area is 130 Å². The summed E-state index contributed by atoms with van der Waals surface area (Å²) in [5.74, 6) is 0.716. The second-order valence-electron chi connectivity index (χ2n) is 5.26. The second-order valence-corrected chi connectivity index (χ2v) is 5.26. The number of aromatic nitrogens is 1. The van der Waals surface area contributed by atoms with Gasteiger partial charge < -0.3 is 15.2 Å².